The van der Waals surface area contributed by atoms with E-state index in [-0.39, 0.29) is 17.8 Å². The topological polar surface area (TPSA) is 78.0 Å². The van der Waals surface area contributed by atoms with Crippen LogP contribution >= 0.6 is 0 Å². The lowest BCUT2D eigenvalue weighted by Crippen LogP contribution is -2.32. The van der Waals surface area contributed by atoms with E-state index in [0.717, 1.165) is 5.56 Å². The summed E-state index contributed by atoms with van der Waals surface area (Å²) in [5.41, 5.74) is 0.654. The molecule has 0 amide bonds. The molecule has 0 aliphatic carbocycles. The van der Waals surface area contributed by atoms with Crippen molar-refractivity contribution in [2.45, 2.75) is 34.2 Å². The van der Waals surface area contributed by atoms with Gasteiger partial charge in [0, 0.05) is 11.0 Å². The Morgan fingerprint density at radius 3 is 2.50 bits per heavy atom. The molecule has 0 fully saturated rings. The number of aryl methyl sites for hydroxylation is 1. The standard InChI is InChI=1S/C18H19N3O3/c1-11-14-15(12-8-6-5-7-9-12)19-21(10-13(22)18(2,3)4)17(23)16(14)20-24-11/h5-9H,10H2,1-4H3. The molecule has 0 bridgehead atoms. The Bertz CT molecular complexity index is 963. The van der Waals surface area contributed by atoms with Gasteiger partial charge in [-0.25, -0.2) is 4.68 Å². The molecule has 0 aliphatic rings. The maximum absolute atomic E-state index is 12.6. The van der Waals surface area contributed by atoms with Crippen LogP contribution in [0.1, 0.15) is 26.5 Å². The number of carbonyl (C=O) groups excluding carboxylic acids is 1. The highest BCUT2D eigenvalue weighted by Crippen LogP contribution is 2.27. The Kier molecular flexibility index (Phi) is 3.83. The van der Waals surface area contributed by atoms with E-state index in [2.05, 4.69) is 10.3 Å². The predicted molar refractivity (Wildman–Crippen MR) is 90.7 cm³/mol. The second kappa shape index (κ2) is 5.70. The summed E-state index contributed by atoms with van der Waals surface area (Å²) in [6, 6.07) is 9.48. The Labute approximate surface area is 139 Å². The highest BCUT2D eigenvalue weighted by Gasteiger charge is 2.24. The van der Waals surface area contributed by atoms with Gasteiger partial charge in [0.25, 0.3) is 5.56 Å². The van der Waals surface area contributed by atoms with Crippen molar-refractivity contribution >= 4 is 16.7 Å². The van der Waals surface area contributed by atoms with E-state index in [1.165, 1.54) is 4.68 Å². The highest BCUT2D eigenvalue weighted by molar-refractivity contribution is 5.93. The third-order valence-corrected chi connectivity index (χ3v) is 3.93. The lowest BCUT2D eigenvalue weighted by molar-refractivity contribution is -0.127. The summed E-state index contributed by atoms with van der Waals surface area (Å²) >= 11 is 0. The van der Waals surface area contributed by atoms with Crippen LogP contribution in [0.15, 0.2) is 39.6 Å². The first-order valence-electron chi connectivity index (χ1n) is 7.75. The first-order chi connectivity index (χ1) is 11.3. The van der Waals surface area contributed by atoms with Crippen molar-refractivity contribution in [3.05, 3.63) is 46.4 Å². The number of hydrogen-bond donors (Lipinski definition) is 0. The molecule has 0 atom stereocenters. The van der Waals surface area contributed by atoms with E-state index in [9.17, 15) is 9.59 Å². The average molecular weight is 325 g/mol. The normalized spacial score (nSPS) is 11.8. The molecule has 0 saturated carbocycles. The Hall–Kier alpha value is -2.76. The van der Waals surface area contributed by atoms with Crippen molar-refractivity contribution in [2.24, 2.45) is 5.41 Å². The van der Waals surface area contributed by atoms with Crippen LogP contribution in [-0.2, 0) is 11.3 Å². The number of nitrogens with zero attached hydrogens (tertiary/aromatic N) is 3. The summed E-state index contributed by atoms with van der Waals surface area (Å²) in [4.78, 5) is 24.9. The molecular weight excluding hydrogens is 306 g/mol. The third-order valence-electron chi connectivity index (χ3n) is 3.93. The van der Waals surface area contributed by atoms with Crippen molar-refractivity contribution in [2.75, 3.05) is 0 Å². The van der Waals surface area contributed by atoms with Gasteiger partial charge in [0.1, 0.15) is 18.0 Å². The molecular formula is C18H19N3O3. The van der Waals surface area contributed by atoms with E-state index >= 15 is 0 Å². The highest BCUT2D eigenvalue weighted by atomic mass is 16.5. The molecule has 6 nitrogen and oxygen atoms in total. The first kappa shape index (κ1) is 16.1. The molecule has 0 radical (unpaired) electrons. The zero-order valence-corrected chi connectivity index (χ0v) is 14.2. The molecule has 6 heteroatoms. The number of fused-ring (bicyclic) bond motifs is 1. The Morgan fingerprint density at radius 1 is 1.21 bits per heavy atom. The van der Waals surface area contributed by atoms with Gasteiger partial charge in [-0.2, -0.15) is 5.10 Å². The number of benzene rings is 1. The summed E-state index contributed by atoms with van der Waals surface area (Å²) in [7, 11) is 0. The van der Waals surface area contributed by atoms with Crippen molar-refractivity contribution in [3.63, 3.8) is 0 Å². The zero-order chi connectivity index (χ0) is 17.5. The molecule has 0 aliphatic heterocycles. The second-order valence-electron chi connectivity index (χ2n) is 6.81. The number of aromatic nitrogens is 3. The lowest BCUT2D eigenvalue weighted by atomic mass is 9.91. The molecule has 0 saturated heterocycles. The second-order valence-corrected chi connectivity index (χ2v) is 6.81. The van der Waals surface area contributed by atoms with Gasteiger partial charge in [0.15, 0.2) is 11.3 Å². The van der Waals surface area contributed by atoms with Gasteiger partial charge >= 0.3 is 0 Å². The van der Waals surface area contributed by atoms with Crippen LogP contribution in [0.2, 0.25) is 0 Å². The molecule has 124 valence electrons. The van der Waals surface area contributed by atoms with Crippen molar-refractivity contribution in [1.82, 2.24) is 14.9 Å². The zero-order valence-electron chi connectivity index (χ0n) is 14.2. The van der Waals surface area contributed by atoms with Crippen molar-refractivity contribution < 1.29 is 9.32 Å². The van der Waals surface area contributed by atoms with Crippen LogP contribution in [0.3, 0.4) is 0 Å². The van der Waals surface area contributed by atoms with Crippen LogP contribution in [0, 0.1) is 12.3 Å². The molecule has 0 unspecified atom stereocenters. The minimum absolute atomic E-state index is 0.0734. The fraction of sp³-hybridized carbons (Fsp3) is 0.333. The van der Waals surface area contributed by atoms with E-state index in [1.54, 1.807) is 6.92 Å². The minimum Gasteiger partial charge on any atom is -0.360 e. The summed E-state index contributed by atoms with van der Waals surface area (Å²) in [6.45, 7) is 7.10. The van der Waals surface area contributed by atoms with Gasteiger partial charge in [0.2, 0.25) is 0 Å². The summed E-state index contributed by atoms with van der Waals surface area (Å²) < 4.78 is 6.38. The fourth-order valence-corrected chi connectivity index (χ4v) is 2.41. The molecule has 2 heterocycles. The SMILES string of the molecule is Cc1onc2c(=O)n(CC(=O)C(C)(C)C)nc(-c3ccccc3)c12. The lowest BCUT2D eigenvalue weighted by Gasteiger charge is -2.17. The van der Waals surface area contributed by atoms with E-state index in [1.807, 2.05) is 51.1 Å². The maximum atomic E-state index is 12.6. The quantitative estimate of drug-likeness (QED) is 0.740. The number of hydrogen-bond acceptors (Lipinski definition) is 5. The summed E-state index contributed by atoms with van der Waals surface area (Å²) in [5, 5.41) is 8.90. The number of Topliss-reactive ketones (excluding diaryl/α,β-unsaturated/α-hetero) is 1. The van der Waals surface area contributed by atoms with Crippen LogP contribution in [0.4, 0.5) is 0 Å². The molecule has 2 aromatic heterocycles. The number of rotatable bonds is 3. The van der Waals surface area contributed by atoms with Gasteiger partial charge in [0.05, 0.1) is 5.39 Å². The largest absolute Gasteiger partial charge is 0.360 e. The molecule has 3 rings (SSSR count). The van der Waals surface area contributed by atoms with Crippen LogP contribution in [0.5, 0.6) is 0 Å². The van der Waals surface area contributed by atoms with E-state index in [0.29, 0.717) is 16.8 Å². The minimum atomic E-state index is -0.553. The van der Waals surface area contributed by atoms with Crippen molar-refractivity contribution in [3.8, 4) is 11.3 Å². The molecule has 24 heavy (non-hydrogen) atoms. The monoisotopic (exact) mass is 325 g/mol. The first-order valence-corrected chi connectivity index (χ1v) is 7.75. The molecule has 3 aromatic rings. The van der Waals surface area contributed by atoms with Crippen LogP contribution in [0.25, 0.3) is 22.2 Å². The number of ketones is 1. The Morgan fingerprint density at radius 2 is 1.88 bits per heavy atom. The van der Waals surface area contributed by atoms with Gasteiger partial charge < -0.3 is 4.52 Å². The molecule has 1 aromatic carbocycles. The van der Waals surface area contributed by atoms with Gasteiger partial charge in [-0.3, -0.25) is 9.59 Å². The average Bonchev–Trinajstić information content (AvgIpc) is 2.92. The van der Waals surface area contributed by atoms with Gasteiger partial charge in [-0.15, -0.1) is 0 Å². The van der Waals surface area contributed by atoms with Gasteiger partial charge in [-0.1, -0.05) is 56.3 Å². The molecule has 0 N–H and O–H groups in total. The summed E-state index contributed by atoms with van der Waals surface area (Å²) in [5.74, 6) is 0.457. The van der Waals surface area contributed by atoms with Crippen LogP contribution < -0.4 is 5.56 Å². The smallest absolute Gasteiger partial charge is 0.297 e. The van der Waals surface area contributed by atoms with Crippen molar-refractivity contribution in [1.29, 1.82) is 0 Å². The maximum Gasteiger partial charge on any atom is 0.297 e. The fourth-order valence-electron chi connectivity index (χ4n) is 2.41. The van der Waals surface area contributed by atoms with E-state index < -0.39 is 11.0 Å². The third kappa shape index (κ3) is 2.75. The van der Waals surface area contributed by atoms with E-state index in [4.69, 9.17) is 4.52 Å². The van der Waals surface area contributed by atoms with Gasteiger partial charge in [-0.05, 0) is 6.92 Å². The predicted octanol–water partition coefficient (Wildman–Crippen LogP) is 2.98. The number of carbonyl (C=O) groups is 1. The summed E-state index contributed by atoms with van der Waals surface area (Å²) in [6.07, 6.45) is 0. The van der Waals surface area contributed by atoms with Crippen LogP contribution in [-0.4, -0.2) is 20.7 Å². The molecule has 0 spiro atoms. The Balaban J connectivity index is 2.24.